The first-order valence-corrected chi connectivity index (χ1v) is 6.03. The van der Waals surface area contributed by atoms with Crippen LogP contribution in [-0.2, 0) is 0 Å². The molecule has 1 heterocycles. The van der Waals surface area contributed by atoms with Gasteiger partial charge >= 0.3 is 5.97 Å². The van der Waals surface area contributed by atoms with E-state index in [0.29, 0.717) is 5.39 Å². The third kappa shape index (κ3) is 2.20. The molecule has 6 heteroatoms. The maximum Gasteiger partial charge on any atom is 0.339 e. The summed E-state index contributed by atoms with van der Waals surface area (Å²) < 4.78 is 33.1. The van der Waals surface area contributed by atoms with Gasteiger partial charge < -0.3 is 14.8 Å². The Morgan fingerprint density at radius 3 is 2.62 bits per heavy atom. The zero-order chi connectivity index (χ0) is 15.0. The Bertz CT molecular complexity index is 842. The number of para-hydroxylation sites is 1. The minimum Gasteiger partial charge on any atom is -0.478 e. The average Bonchev–Trinajstić information content (AvgIpc) is 2.93. The van der Waals surface area contributed by atoms with Crippen LogP contribution in [0.25, 0.3) is 10.9 Å². The second-order valence-corrected chi connectivity index (χ2v) is 4.35. The summed E-state index contributed by atoms with van der Waals surface area (Å²) in [6, 6.07) is 8.63. The van der Waals surface area contributed by atoms with E-state index in [0.717, 1.165) is 0 Å². The largest absolute Gasteiger partial charge is 0.478 e. The summed E-state index contributed by atoms with van der Waals surface area (Å²) in [4.78, 5) is 13.7. The highest BCUT2D eigenvalue weighted by Crippen LogP contribution is 2.32. The van der Waals surface area contributed by atoms with Crippen LogP contribution >= 0.6 is 0 Å². The van der Waals surface area contributed by atoms with Crippen LogP contribution in [0.5, 0.6) is 11.5 Å². The lowest BCUT2D eigenvalue weighted by Crippen LogP contribution is -2.01. The lowest BCUT2D eigenvalue weighted by molar-refractivity contribution is 0.0694. The SMILES string of the molecule is O=C(O)c1ccccc1Oc1cc2cc[nH]c2c(F)c1F. The molecule has 106 valence electrons. The highest BCUT2D eigenvalue weighted by atomic mass is 19.2. The molecule has 0 aliphatic heterocycles. The molecule has 0 bridgehead atoms. The first-order valence-electron chi connectivity index (χ1n) is 6.03. The number of carbonyl (C=O) groups is 1. The lowest BCUT2D eigenvalue weighted by atomic mass is 10.2. The van der Waals surface area contributed by atoms with Crippen LogP contribution in [0, 0.1) is 11.6 Å². The fraction of sp³-hybridized carbons (Fsp3) is 0. The third-order valence-corrected chi connectivity index (χ3v) is 3.03. The molecule has 0 saturated carbocycles. The Hall–Kier alpha value is -2.89. The van der Waals surface area contributed by atoms with Crippen LogP contribution < -0.4 is 4.74 Å². The molecule has 2 aromatic carbocycles. The molecule has 0 fully saturated rings. The molecule has 0 spiro atoms. The van der Waals surface area contributed by atoms with Crippen LogP contribution in [0.3, 0.4) is 0 Å². The van der Waals surface area contributed by atoms with E-state index < -0.39 is 17.6 Å². The molecule has 0 amide bonds. The molecular weight excluding hydrogens is 280 g/mol. The second kappa shape index (κ2) is 4.90. The van der Waals surface area contributed by atoms with Crippen LogP contribution in [0.1, 0.15) is 10.4 Å². The van der Waals surface area contributed by atoms with Crippen molar-refractivity contribution in [2.75, 3.05) is 0 Å². The summed E-state index contributed by atoms with van der Waals surface area (Å²) in [5, 5.41) is 9.48. The van der Waals surface area contributed by atoms with Gasteiger partial charge in [-0.2, -0.15) is 4.39 Å². The van der Waals surface area contributed by atoms with Crippen molar-refractivity contribution in [2.24, 2.45) is 0 Å². The van der Waals surface area contributed by atoms with Gasteiger partial charge in [-0.25, -0.2) is 9.18 Å². The molecule has 21 heavy (non-hydrogen) atoms. The van der Waals surface area contributed by atoms with E-state index in [-0.39, 0.29) is 22.6 Å². The van der Waals surface area contributed by atoms with Gasteiger partial charge in [0.2, 0.25) is 5.82 Å². The number of benzene rings is 2. The Morgan fingerprint density at radius 1 is 1.10 bits per heavy atom. The van der Waals surface area contributed by atoms with E-state index in [4.69, 9.17) is 9.84 Å². The molecular formula is C15H9F2NO3. The maximum atomic E-state index is 14.0. The molecule has 3 rings (SSSR count). The molecule has 1 aromatic heterocycles. The van der Waals surface area contributed by atoms with Gasteiger partial charge in [-0.05, 0) is 24.3 Å². The third-order valence-electron chi connectivity index (χ3n) is 3.03. The number of halogens is 2. The fourth-order valence-electron chi connectivity index (χ4n) is 2.04. The number of aromatic carboxylic acids is 1. The molecule has 0 atom stereocenters. The second-order valence-electron chi connectivity index (χ2n) is 4.35. The molecule has 0 aliphatic carbocycles. The monoisotopic (exact) mass is 289 g/mol. The van der Waals surface area contributed by atoms with Crippen LogP contribution in [-0.4, -0.2) is 16.1 Å². The van der Waals surface area contributed by atoms with E-state index in [1.807, 2.05) is 0 Å². The highest BCUT2D eigenvalue weighted by Gasteiger charge is 2.18. The minimum absolute atomic E-state index is 0.0337. The lowest BCUT2D eigenvalue weighted by Gasteiger charge is -2.10. The number of carboxylic acid groups (broad SMARTS) is 1. The molecule has 3 aromatic rings. The first kappa shape index (κ1) is 13.1. The number of H-pyrrole nitrogens is 1. The Labute approximate surface area is 117 Å². The Morgan fingerprint density at radius 2 is 1.86 bits per heavy atom. The topological polar surface area (TPSA) is 62.3 Å². The van der Waals surface area contributed by atoms with Gasteiger partial charge in [0.05, 0.1) is 5.52 Å². The van der Waals surface area contributed by atoms with Gasteiger partial charge in [0.1, 0.15) is 11.3 Å². The van der Waals surface area contributed by atoms with Crippen molar-refractivity contribution in [1.29, 1.82) is 0 Å². The Balaban J connectivity index is 2.10. The van der Waals surface area contributed by atoms with E-state index in [1.54, 1.807) is 12.1 Å². The van der Waals surface area contributed by atoms with E-state index in [2.05, 4.69) is 4.98 Å². The predicted octanol–water partition coefficient (Wildman–Crippen LogP) is 3.94. The number of rotatable bonds is 3. The van der Waals surface area contributed by atoms with Gasteiger partial charge in [0, 0.05) is 11.6 Å². The molecule has 4 nitrogen and oxygen atoms in total. The summed E-state index contributed by atoms with van der Waals surface area (Å²) in [6.45, 7) is 0. The Kier molecular flexibility index (Phi) is 3.06. The minimum atomic E-state index is -1.21. The van der Waals surface area contributed by atoms with E-state index in [1.165, 1.54) is 30.5 Å². The number of aromatic amines is 1. The number of hydrogen-bond donors (Lipinski definition) is 2. The van der Waals surface area contributed by atoms with Crippen molar-refractivity contribution in [3.8, 4) is 11.5 Å². The standard InChI is InChI=1S/C15H9F2NO3/c16-12-11(7-8-5-6-18-14(8)13(12)17)21-10-4-2-1-3-9(10)15(19)20/h1-7,18H,(H,19,20). The first-order chi connectivity index (χ1) is 10.1. The summed E-state index contributed by atoms with van der Waals surface area (Å²) in [5.74, 6) is -3.88. The predicted molar refractivity (Wildman–Crippen MR) is 71.7 cm³/mol. The summed E-state index contributed by atoms with van der Waals surface area (Å²) >= 11 is 0. The van der Waals surface area contributed by atoms with Crippen molar-refractivity contribution < 1.29 is 23.4 Å². The molecule has 0 radical (unpaired) electrons. The van der Waals surface area contributed by atoms with Gasteiger partial charge in [-0.3, -0.25) is 0 Å². The quantitative estimate of drug-likeness (QED) is 0.767. The van der Waals surface area contributed by atoms with Crippen molar-refractivity contribution in [3.05, 3.63) is 59.8 Å². The smallest absolute Gasteiger partial charge is 0.339 e. The van der Waals surface area contributed by atoms with Crippen molar-refractivity contribution in [1.82, 2.24) is 4.98 Å². The number of fused-ring (bicyclic) bond motifs is 1. The number of aromatic nitrogens is 1. The average molecular weight is 289 g/mol. The van der Waals surface area contributed by atoms with E-state index in [9.17, 15) is 13.6 Å². The van der Waals surface area contributed by atoms with Crippen LogP contribution in [0.15, 0.2) is 42.6 Å². The van der Waals surface area contributed by atoms with Gasteiger partial charge in [0.25, 0.3) is 0 Å². The normalized spacial score (nSPS) is 10.8. The molecule has 0 unspecified atom stereocenters. The number of nitrogens with one attached hydrogen (secondary N) is 1. The van der Waals surface area contributed by atoms with E-state index >= 15 is 0 Å². The summed E-state index contributed by atoms with van der Waals surface area (Å²) in [5.41, 5.74) is -0.0992. The number of ether oxygens (including phenoxy) is 1. The molecule has 0 saturated heterocycles. The van der Waals surface area contributed by atoms with Crippen molar-refractivity contribution in [3.63, 3.8) is 0 Å². The van der Waals surface area contributed by atoms with Gasteiger partial charge in [0.15, 0.2) is 11.6 Å². The zero-order valence-corrected chi connectivity index (χ0v) is 10.6. The van der Waals surface area contributed by atoms with Gasteiger partial charge in [-0.1, -0.05) is 12.1 Å². The maximum absolute atomic E-state index is 14.0. The highest BCUT2D eigenvalue weighted by molar-refractivity contribution is 5.91. The fourth-order valence-corrected chi connectivity index (χ4v) is 2.04. The summed E-state index contributed by atoms with van der Waals surface area (Å²) in [7, 11) is 0. The number of carboxylic acids is 1. The van der Waals surface area contributed by atoms with Crippen LogP contribution in [0.4, 0.5) is 8.78 Å². The summed E-state index contributed by atoms with van der Waals surface area (Å²) in [6.07, 6.45) is 1.47. The van der Waals surface area contributed by atoms with Crippen molar-refractivity contribution >= 4 is 16.9 Å². The van der Waals surface area contributed by atoms with Crippen molar-refractivity contribution in [2.45, 2.75) is 0 Å². The number of hydrogen-bond acceptors (Lipinski definition) is 2. The zero-order valence-electron chi connectivity index (χ0n) is 10.6. The molecule has 2 N–H and O–H groups in total. The van der Waals surface area contributed by atoms with Crippen LogP contribution in [0.2, 0.25) is 0 Å². The van der Waals surface area contributed by atoms with Gasteiger partial charge in [-0.15, -0.1) is 0 Å². The molecule has 0 aliphatic rings.